The van der Waals surface area contributed by atoms with Gasteiger partial charge in [0, 0.05) is 24.0 Å². The van der Waals surface area contributed by atoms with Gasteiger partial charge >= 0.3 is 0 Å². The molecule has 4 rings (SSSR count). The summed E-state index contributed by atoms with van der Waals surface area (Å²) in [5.74, 6) is 1.23. The van der Waals surface area contributed by atoms with Crippen molar-refractivity contribution in [3.05, 3.63) is 82.9 Å². The van der Waals surface area contributed by atoms with Gasteiger partial charge in [-0.2, -0.15) is 0 Å². The lowest BCUT2D eigenvalue weighted by molar-refractivity contribution is 0.0937. The van der Waals surface area contributed by atoms with E-state index in [4.69, 9.17) is 10.3 Å². The summed E-state index contributed by atoms with van der Waals surface area (Å²) in [5.41, 5.74) is 9.31. The smallest absolute Gasteiger partial charge is 0.253 e. The van der Waals surface area contributed by atoms with Gasteiger partial charge < -0.3 is 15.6 Å². The molecule has 6 nitrogen and oxygen atoms in total. The van der Waals surface area contributed by atoms with Crippen LogP contribution in [0.25, 0.3) is 16.6 Å². The molecular formula is C23H24N4O2. The minimum Gasteiger partial charge on any atom is -0.360 e. The summed E-state index contributed by atoms with van der Waals surface area (Å²) in [4.78, 5) is 13.0. The lowest BCUT2D eigenvalue weighted by atomic mass is 10.0. The topological polar surface area (TPSA) is 86.1 Å². The summed E-state index contributed by atoms with van der Waals surface area (Å²) < 4.78 is 7.10. The highest BCUT2D eigenvalue weighted by atomic mass is 16.5. The zero-order valence-corrected chi connectivity index (χ0v) is 16.8. The van der Waals surface area contributed by atoms with Crippen LogP contribution in [0.4, 0.5) is 0 Å². The van der Waals surface area contributed by atoms with E-state index in [0.29, 0.717) is 17.9 Å². The van der Waals surface area contributed by atoms with Crippen LogP contribution in [-0.2, 0) is 0 Å². The first-order chi connectivity index (χ1) is 14.0. The zero-order chi connectivity index (χ0) is 20.5. The molecule has 0 saturated heterocycles. The summed E-state index contributed by atoms with van der Waals surface area (Å²) in [6, 6.07) is 17.7. The molecule has 0 aliphatic carbocycles. The fraction of sp³-hybridized carbons (Fsp3) is 0.217. The van der Waals surface area contributed by atoms with Crippen molar-refractivity contribution in [1.82, 2.24) is 15.0 Å². The Labute approximate surface area is 169 Å². The monoisotopic (exact) mass is 388 g/mol. The normalized spacial score (nSPS) is 12.3. The van der Waals surface area contributed by atoms with E-state index in [2.05, 4.69) is 34.7 Å². The van der Waals surface area contributed by atoms with Gasteiger partial charge in [-0.1, -0.05) is 41.6 Å². The highest BCUT2D eigenvalue weighted by Gasteiger charge is 2.21. The Morgan fingerprint density at radius 2 is 1.86 bits per heavy atom. The van der Waals surface area contributed by atoms with Gasteiger partial charge in [0.1, 0.15) is 5.76 Å². The second-order valence-electron chi connectivity index (χ2n) is 7.28. The van der Waals surface area contributed by atoms with E-state index in [9.17, 15) is 4.79 Å². The van der Waals surface area contributed by atoms with Gasteiger partial charge in [-0.25, -0.2) is 0 Å². The maximum absolute atomic E-state index is 13.0. The average molecular weight is 388 g/mol. The number of fused-ring (bicyclic) bond motifs is 1. The number of benzene rings is 2. The van der Waals surface area contributed by atoms with E-state index in [1.165, 1.54) is 0 Å². The van der Waals surface area contributed by atoms with Crippen molar-refractivity contribution in [1.29, 1.82) is 0 Å². The number of nitrogens with zero attached hydrogens (tertiary/aromatic N) is 2. The molecule has 0 radical (unpaired) electrons. The van der Waals surface area contributed by atoms with Crippen molar-refractivity contribution in [2.24, 2.45) is 5.73 Å². The number of hydrogen-bond acceptors (Lipinski definition) is 4. The third-order valence-electron chi connectivity index (χ3n) is 5.24. The number of hydrogen-bond donors (Lipinski definition) is 2. The van der Waals surface area contributed by atoms with Gasteiger partial charge in [0.2, 0.25) is 0 Å². The SMILES string of the molecule is Cc1cc(-n2c(C)cc(C(=O)NC(CN)c3ccc4ccccc4c3)c2C)no1. The zero-order valence-electron chi connectivity index (χ0n) is 16.8. The van der Waals surface area contributed by atoms with Gasteiger partial charge in [-0.05, 0) is 49.2 Å². The molecule has 2 aromatic carbocycles. The number of carbonyl (C=O) groups excluding carboxylic acids is 1. The molecule has 1 amide bonds. The number of carbonyl (C=O) groups is 1. The predicted molar refractivity (Wildman–Crippen MR) is 113 cm³/mol. The molecule has 0 bridgehead atoms. The highest BCUT2D eigenvalue weighted by Crippen LogP contribution is 2.23. The molecule has 1 atom stereocenters. The van der Waals surface area contributed by atoms with Gasteiger partial charge in [-0.3, -0.25) is 9.36 Å². The highest BCUT2D eigenvalue weighted by molar-refractivity contribution is 5.96. The number of nitrogens with two attached hydrogens (primary N) is 1. The first-order valence-electron chi connectivity index (χ1n) is 9.60. The summed E-state index contributed by atoms with van der Waals surface area (Å²) >= 11 is 0. The summed E-state index contributed by atoms with van der Waals surface area (Å²) in [6.45, 7) is 6.00. The maximum Gasteiger partial charge on any atom is 0.253 e. The molecule has 0 aliphatic rings. The minimum absolute atomic E-state index is 0.159. The van der Waals surface area contributed by atoms with Crippen LogP contribution in [0, 0.1) is 20.8 Å². The second kappa shape index (κ2) is 7.56. The van der Waals surface area contributed by atoms with Crippen LogP contribution in [0.2, 0.25) is 0 Å². The van der Waals surface area contributed by atoms with Crippen molar-refractivity contribution in [3.63, 3.8) is 0 Å². The third kappa shape index (κ3) is 3.54. The Balaban J connectivity index is 1.62. The third-order valence-corrected chi connectivity index (χ3v) is 5.24. The van der Waals surface area contributed by atoms with Crippen molar-refractivity contribution in [2.75, 3.05) is 6.54 Å². The van der Waals surface area contributed by atoms with Crippen LogP contribution in [0.15, 0.2) is 59.1 Å². The molecule has 0 aliphatic heterocycles. The summed E-state index contributed by atoms with van der Waals surface area (Å²) in [7, 11) is 0. The minimum atomic E-state index is -0.274. The summed E-state index contributed by atoms with van der Waals surface area (Å²) in [5, 5.41) is 9.43. The van der Waals surface area contributed by atoms with E-state index in [1.807, 2.05) is 55.7 Å². The van der Waals surface area contributed by atoms with Crippen LogP contribution in [0.3, 0.4) is 0 Å². The van der Waals surface area contributed by atoms with Crippen molar-refractivity contribution in [3.8, 4) is 5.82 Å². The largest absolute Gasteiger partial charge is 0.360 e. The molecule has 2 aromatic heterocycles. The standard InChI is InChI=1S/C23H24N4O2/c1-14-10-20(16(3)27(14)22-11-15(2)29-26-22)23(28)25-21(13-24)19-9-8-17-6-4-5-7-18(17)12-19/h4-12,21H,13,24H2,1-3H3,(H,25,28). The first kappa shape index (κ1) is 19.0. The van der Waals surface area contributed by atoms with Gasteiger partial charge in [0.25, 0.3) is 5.91 Å². The quantitative estimate of drug-likeness (QED) is 0.542. The molecule has 3 N–H and O–H groups in total. The van der Waals surface area contributed by atoms with E-state index < -0.39 is 0 Å². The van der Waals surface area contributed by atoms with Crippen molar-refractivity contribution < 1.29 is 9.32 Å². The number of rotatable bonds is 5. The molecule has 2 heterocycles. The molecule has 0 spiro atoms. The van der Waals surface area contributed by atoms with Crippen molar-refractivity contribution in [2.45, 2.75) is 26.8 Å². The van der Waals surface area contributed by atoms with Crippen LogP contribution in [-0.4, -0.2) is 22.2 Å². The average Bonchev–Trinajstić information content (AvgIpc) is 3.27. The van der Waals surface area contributed by atoms with E-state index in [0.717, 1.165) is 33.5 Å². The van der Waals surface area contributed by atoms with Crippen LogP contribution in [0.5, 0.6) is 0 Å². The lowest BCUT2D eigenvalue weighted by Gasteiger charge is -2.18. The first-order valence-corrected chi connectivity index (χ1v) is 9.60. The predicted octanol–water partition coefficient (Wildman–Crippen LogP) is 3.97. The molecule has 4 aromatic rings. The fourth-order valence-corrected chi connectivity index (χ4v) is 3.74. The molecule has 0 saturated carbocycles. The molecular weight excluding hydrogens is 364 g/mol. The number of nitrogens with one attached hydrogen (secondary N) is 1. The Bertz CT molecular complexity index is 1190. The molecule has 148 valence electrons. The van der Waals surface area contributed by atoms with Gasteiger partial charge in [0.05, 0.1) is 11.6 Å². The Morgan fingerprint density at radius 1 is 1.10 bits per heavy atom. The Kier molecular flexibility index (Phi) is 4.94. The van der Waals surface area contributed by atoms with E-state index in [-0.39, 0.29) is 11.9 Å². The molecule has 6 heteroatoms. The fourth-order valence-electron chi connectivity index (χ4n) is 3.74. The summed E-state index contributed by atoms with van der Waals surface area (Å²) in [6.07, 6.45) is 0. The number of aryl methyl sites for hydroxylation is 2. The molecule has 0 fully saturated rings. The van der Waals surface area contributed by atoms with Crippen molar-refractivity contribution >= 4 is 16.7 Å². The van der Waals surface area contributed by atoms with Crippen LogP contribution >= 0.6 is 0 Å². The maximum atomic E-state index is 13.0. The van der Waals surface area contributed by atoms with Crippen LogP contribution in [0.1, 0.15) is 39.1 Å². The van der Waals surface area contributed by atoms with E-state index >= 15 is 0 Å². The lowest BCUT2D eigenvalue weighted by Crippen LogP contribution is -2.33. The number of aromatic nitrogens is 2. The second-order valence-corrected chi connectivity index (χ2v) is 7.28. The number of amides is 1. The Morgan fingerprint density at radius 3 is 2.55 bits per heavy atom. The van der Waals surface area contributed by atoms with Gasteiger partial charge in [-0.15, -0.1) is 0 Å². The molecule has 1 unspecified atom stereocenters. The van der Waals surface area contributed by atoms with Gasteiger partial charge in [0.15, 0.2) is 5.82 Å². The molecule has 29 heavy (non-hydrogen) atoms. The van der Waals surface area contributed by atoms with Crippen LogP contribution < -0.4 is 11.1 Å². The van der Waals surface area contributed by atoms with E-state index in [1.54, 1.807) is 0 Å². The Hall–Kier alpha value is -3.38.